The summed E-state index contributed by atoms with van der Waals surface area (Å²) in [5.74, 6) is 0.338. The first-order chi connectivity index (χ1) is 10.2. The van der Waals surface area contributed by atoms with E-state index in [1.165, 1.54) is 5.56 Å². The largest absolute Gasteiger partial charge is 0.383 e. The topological polar surface area (TPSA) is 39.1 Å². The molecular weight excluding hydrogens is 330 g/mol. The maximum absolute atomic E-state index is 5.17. The maximum Gasteiger partial charge on any atom is 0.0702 e. The van der Waals surface area contributed by atoms with Crippen molar-refractivity contribution < 1.29 is 4.74 Å². The number of ether oxygens (including phenoxy) is 1. The molecule has 0 fully saturated rings. The van der Waals surface area contributed by atoms with Gasteiger partial charge in [-0.15, -0.1) is 0 Å². The van der Waals surface area contributed by atoms with E-state index in [0.29, 0.717) is 12.5 Å². The Balaban J connectivity index is 2.31. The van der Waals surface area contributed by atoms with Crippen LogP contribution in [0.15, 0.2) is 41.0 Å². The second-order valence-electron chi connectivity index (χ2n) is 5.06. The summed E-state index contributed by atoms with van der Waals surface area (Å²) in [6.07, 6.45) is 1.85. The summed E-state index contributed by atoms with van der Waals surface area (Å²) in [7, 11) is 3.70. The molecule has 2 atom stereocenters. The number of hydrogen-bond donors (Lipinski definition) is 1. The van der Waals surface area contributed by atoms with E-state index >= 15 is 0 Å². The molecule has 2 rings (SSSR count). The minimum Gasteiger partial charge on any atom is -0.383 e. The lowest BCUT2D eigenvalue weighted by atomic mass is 9.91. The Hall–Kier alpha value is -1.17. The number of hydrogen-bond acceptors (Lipinski definition) is 3. The predicted octanol–water partition coefficient (Wildman–Crippen LogP) is 3.36. The van der Waals surface area contributed by atoms with Crippen LogP contribution in [0.4, 0.5) is 0 Å². The number of likely N-dealkylation sites (N-methyl/N-ethyl adjacent to an activating group) is 1. The molecule has 0 aliphatic heterocycles. The molecule has 4 nitrogen and oxygen atoms in total. The molecule has 114 valence electrons. The van der Waals surface area contributed by atoms with Gasteiger partial charge >= 0.3 is 0 Å². The number of rotatable bonds is 7. The van der Waals surface area contributed by atoms with Crippen LogP contribution < -0.4 is 5.32 Å². The van der Waals surface area contributed by atoms with Gasteiger partial charge in [0.05, 0.1) is 35.6 Å². The Morgan fingerprint density at radius 3 is 2.67 bits per heavy atom. The number of methoxy groups -OCH3 is 1. The first-order valence-corrected chi connectivity index (χ1v) is 7.90. The normalized spacial score (nSPS) is 14.1. The smallest absolute Gasteiger partial charge is 0.0702 e. The average Bonchev–Trinajstić information content (AvgIpc) is 2.88. The first kappa shape index (κ1) is 16.2. The molecule has 1 aromatic carbocycles. The number of benzene rings is 1. The molecule has 0 saturated carbocycles. The molecule has 1 heterocycles. The molecule has 5 heteroatoms. The van der Waals surface area contributed by atoms with Crippen molar-refractivity contribution in [2.75, 3.05) is 20.8 Å². The molecule has 2 aromatic rings. The quantitative estimate of drug-likeness (QED) is 0.831. The maximum atomic E-state index is 5.17. The van der Waals surface area contributed by atoms with Crippen LogP contribution in [0.1, 0.15) is 30.1 Å². The highest BCUT2D eigenvalue weighted by molar-refractivity contribution is 9.10. The zero-order chi connectivity index (χ0) is 15.2. The third kappa shape index (κ3) is 3.73. The van der Waals surface area contributed by atoms with Crippen molar-refractivity contribution in [3.63, 3.8) is 0 Å². The average molecular weight is 352 g/mol. The van der Waals surface area contributed by atoms with Crippen molar-refractivity contribution in [3.8, 4) is 0 Å². The summed E-state index contributed by atoms with van der Waals surface area (Å²) in [5.41, 5.74) is 2.47. The van der Waals surface area contributed by atoms with Crippen LogP contribution in [-0.4, -0.2) is 30.5 Å². The number of aromatic nitrogens is 2. The third-order valence-corrected chi connectivity index (χ3v) is 4.38. The van der Waals surface area contributed by atoms with E-state index in [-0.39, 0.29) is 6.04 Å². The minimum absolute atomic E-state index is 0.182. The lowest BCUT2D eigenvalue weighted by Crippen LogP contribution is -2.26. The molecule has 0 bridgehead atoms. The summed E-state index contributed by atoms with van der Waals surface area (Å²) in [5, 5.41) is 7.88. The SMILES string of the molecule is CNC(c1c(Br)cnn1CCOC)C(C)c1ccccc1. The van der Waals surface area contributed by atoms with Crippen molar-refractivity contribution >= 4 is 15.9 Å². The van der Waals surface area contributed by atoms with Crippen molar-refractivity contribution in [1.82, 2.24) is 15.1 Å². The molecule has 1 N–H and O–H groups in total. The molecule has 0 saturated heterocycles. The van der Waals surface area contributed by atoms with E-state index in [1.54, 1.807) is 7.11 Å². The molecule has 0 aliphatic carbocycles. The number of nitrogens with one attached hydrogen (secondary N) is 1. The first-order valence-electron chi connectivity index (χ1n) is 7.11. The second-order valence-corrected chi connectivity index (χ2v) is 5.91. The number of halogens is 1. The fourth-order valence-corrected chi connectivity index (χ4v) is 3.15. The van der Waals surface area contributed by atoms with Crippen LogP contribution in [0, 0.1) is 0 Å². The Morgan fingerprint density at radius 1 is 1.33 bits per heavy atom. The van der Waals surface area contributed by atoms with E-state index in [9.17, 15) is 0 Å². The van der Waals surface area contributed by atoms with Crippen molar-refractivity contribution in [2.24, 2.45) is 0 Å². The van der Waals surface area contributed by atoms with Gasteiger partial charge in [-0.2, -0.15) is 5.10 Å². The molecule has 0 radical (unpaired) electrons. The standard InChI is InChI=1S/C16H22BrN3O/c1-12(13-7-5-4-6-8-13)15(18-2)16-14(17)11-19-20(16)9-10-21-3/h4-8,11-12,15,18H,9-10H2,1-3H3. The highest BCUT2D eigenvalue weighted by Crippen LogP contribution is 2.34. The van der Waals surface area contributed by atoms with Crippen LogP contribution in [0.2, 0.25) is 0 Å². The fraction of sp³-hybridized carbons (Fsp3) is 0.438. The van der Waals surface area contributed by atoms with E-state index in [0.717, 1.165) is 16.7 Å². The van der Waals surface area contributed by atoms with Crippen molar-refractivity contribution in [1.29, 1.82) is 0 Å². The zero-order valence-electron chi connectivity index (χ0n) is 12.7. The van der Waals surface area contributed by atoms with Crippen molar-refractivity contribution in [2.45, 2.75) is 25.4 Å². The van der Waals surface area contributed by atoms with Crippen LogP contribution >= 0.6 is 15.9 Å². The minimum atomic E-state index is 0.182. The summed E-state index contributed by atoms with van der Waals surface area (Å²) in [6, 6.07) is 10.7. The van der Waals surface area contributed by atoms with Gasteiger partial charge in [0.15, 0.2) is 0 Å². The second kappa shape index (κ2) is 7.73. The summed E-state index contributed by atoms with van der Waals surface area (Å²) in [6.45, 7) is 3.63. The van der Waals surface area contributed by atoms with Gasteiger partial charge in [0.25, 0.3) is 0 Å². The molecule has 0 spiro atoms. The zero-order valence-corrected chi connectivity index (χ0v) is 14.3. The van der Waals surface area contributed by atoms with Gasteiger partial charge in [0.2, 0.25) is 0 Å². The Morgan fingerprint density at radius 2 is 2.05 bits per heavy atom. The van der Waals surface area contributed by atoms with Gasteiger partial charge in [-0.05, 0) is 28.5 Å². The van der Waals surface area contributed by atoms with Gasteiger partial charge in [-0.3, -0.25) is 4.68 Å². The summed E-state index contributed by atoms with van der Waals surface area (Å²) in [4.78, 5) is 0. The van der Waals surface area contributed by atoms with Crippen LogP contribution in [0.25, 0.3) is 0 Å². The molecule has 0 amide bonds. The van der Waals surface area contributed by atoms with Crippen LogP contribution in [-0.2, 0) is 11.3 Å². The van der Waals surface area contributed by atoms with E-state index in [2.05, 4.69) is 57.5 Å². The Kier molecular flexibility index (Phi) is 5.96. The fourth-order valence-electron chi connectivity index (χ4n) is 2.61. The lowest BCUT2D eigenvalue weighted by molar-refractivity contribution is 0.181. The van der Waals surface area contributed by atoms with Gasteiger partial charge < -0.3 is 10.1 Å². The monoisotopic (exact) mass is 351 g/mol. The molecular formula is C16H22BrN3O. The van der Waals surface area contributed by atoms with E-state index in [4.69, 9.17) is 4.74 Å². The van der Waals surface area contributed by atoms with Gasteiger partial charge in [-0.25, -0.2) is 0 Å². The third-order valence-electron chi connectivity index (χ3n) is 3.77. The molecule has 2 unspecified atom stereocenters. The van der Waals surface area contributed by atoms with Crippen molar-refractivity contribution in [3.05, 3.63) is 52.3 Å². The summed E-state index contributed by atoms with van der Waals surface area (Å²) < 4.78 is 8.21. The molecule has 21 heavy (non-hydrogen) atoms. The number of nitrogens with zero attached hydrogens (tertiary/aromatic N) is 2. The van der Waals surface area contributed by atoms with Gasteiger partial charge in [0.1, 0.15) is 0 Å². The summed E-state index contributed by atoms with van der Waals surface area (Å²) >= 11 is 3.63. The van der Waals surface area contributed by atoms with Crippen LogP contribution in [0.3, 0.4) is 0 Å². The Labute approximate surface area is 134 Å². The molecule has 1 aromatic heterocycles. The van der Waals surface area contributed by atoms with Gasteiger partial charge in [-0.1, -0.05) is 37.3 Å². The highest BCUT2D eigenvalue weighted by Gasteiger charge is 2.25. The van der Waals surface area contributed by atoms with E-state index < -0.39 is 0 Å². The van der Waals surface area contributed by atoms with E-state index in [1.807, 2.05) is 24.0 Å². The lowest BCUT2D eigenvalue weighted by Gasteiger charge is -2.25. The molecule has 0 aliphatic rings. The van der Waals surface area contributed by atoms with Gasteiger partial charge in [0, 0.05) is 13.0 Å². The predicted molar refractivity (Wildman–Crippen MR) is 88.5 cm³/mol. The highest BCUT2D eigenvalue weighted by atomic mass is 79.9. The van der Waals surface area contributed by atoms with Crippen LogP contribution in [0.5, 0.6) is 0 Å². The Bertz CT molecular complexity index is 556.